The van der Waals surface area contributed by atoms with Gasteiger partial charge in [-0.15, -0.1) is 0 Å². The first-order valence-electron chi connectivity index (χ1n) is 14.5. The molecule has 228 valence electrons. The van der Waals surface area contributed by atoms with Gasteiger partial charge in [-0.1, -0.05) is 23.7 Å². The van der Waals surface area contributed by atoms with E-state index in [9.17, 15) is 13.3 Å². The van der Waals surface area contributed by atoms with Crippen molar-refractivity contribution in [2.45, 2.75) is 49.8 Å². The van der Waals surface area contributed by atoms with E-state index in [4.69, 9.17) is 11.6 Å². The van der Waals surface area contributed by atoms with Crippen LogP contribution in [0.25, 0.3) is 0 Å². The van der Waals surface area contributed by atoms with Crippen molar-refractivity contribution in [3.05, 3.63) is 59.2 Å². The molecule has 2 aromatic carbocycles. The minimum Gasteiger partial charge on any atom is -0.371 e. The fraction of sp³-hybridized carbons (Fsp3) is 0.467. The SMILES string of the molecule is Cc1cc(N2CCC(N3CCN(C)CC3)CC2)ccc1Nc1ncc(Cl)c(Nc2ccccc2S(=O)(O)(O)C(C)C)n1. The molecule has 10 nitrogen and oxygen atoms in total. The van der Waals surface area contributed by atoms with Gasteiger partial charge in [-0.3, -0.25) is 4.90 Å². The number of piperidine rings is 1. The number of aromatic nitrogens is 2. The molecule has 2 aliphatic heterocycles. The van der Waals surface area contributed by atoms with E-state index in [2.05, 4.69) is 61.4 Å². The second-order valence-corrected chi connectivity index (χ2v) is 15.3. The number of hydrogen-bond donors (Lipinski definition) is 4. The summed E-state index contributed by atoms with van der Waals surface area (Å²) < 4.78 is 34.6. The fourth-order valence-corrected chi connectivity index (χ4v) is 7.10. The molecule has 2 saturated heterocycles. The summed E-state index contributed by atoms with van der Waals surface area (Å²) in [6.45, 7) is 11.8. The van der Waals surface area contributed by atoms with Crippen LogP contribution in [-0.2, 0) is 9.63 Å². The van der Waals surface area contributed by atoms with Gasteiger partial charge in [-0.2, -0.15) is 4.98 Å². The highest BCUT2D eigenvalue weighted by molar-refractivity contribution is 8.10. The maximum atomic E-state index is 13.2. The maximum absolute atomic E-state index is 13.2. The number of anilines is 5. The van der Waals surface area contributed by atoms with E-state index >= 15 is 0 Å². The van der Waals surface area contributed by atoms with Gasteiger partial charge in [-0.25, -0.2) is 9.19 Å². The van der Waals surface area contributed by atoms with Gasteiger partial charge in [0.05, 0.1) is 22.0 Å². The molecule has 3 heterocycles. The van der Waals surface area contributed by atoms with E-state index in [0.29, 0.717) is 12.0 Å². The molecule has 0 unspecified atom stereocenters. The Bertz CT molecular complexity index is 1480. The Morgan fingerprint density at radius 2 is 1.67 bits per heavy atom. The molecule has 0 saturated carbocycles. The lowest BCUT2D eigenvalue weighted by Gasteiger charge is -2.42. The lowest BCUT2D eigenvalue weighted by Crippen LogP contribution is -2.52. The molecule has 0 radical (unpaired) electrons. The number of rotatable bonds is 8. The smallest absolute Gasteiger partial charge is 0.229 e. The number of nitrogens with zero attached hydrogens (tertiary/aromatic N) is 5. The standard InChI is InChI=1S/C30H42ClN7O3S/c1-21(2)42(39,40,41)28-8-6-5-7-27(28)33-29-25(31)20-32-30(35-29)34-26-10-9-24(19-22(26)3)37-13-11-23(12-14-37)38-17-15-36(4)16-18-38/h5-10,19-21,23H,11-18H2,1-4H3,(H2,39,40,41)(H2,32,33,34,35). The molecular formula is C30H42ClN7O3S. The molecule has 5 rings (SSSR count). The molecule has 12 heteroatoms. The van der Waals surface area contributed by atoms with Crippen molar-refractivity contribution in [2.24, 2.45) is 0 Å². The van der Waals surface area contributed by atoms with Gasteiger partial charge in [-0.05, 0) is 76.6 Å². The summed E-state index contributed by atoms with van der Waals surface area (Å²) in [7, 11) is -2.91. The van der Waals surface area contributed by atoms with Gasteiger partial charge in [0.2, 0.25) is 5.95 Å². The number of benzene rings is 2. The highest BCUT2D eigenvalue weighted by Gasteiger charge is 2.39. The van der Waals surface area contributed by atoms with Crippen LogP contribution < -0.4 is 15.5 Å². The number of hydrogen-bond acceptors (Lipinski definition) is 8. The van der Waals surface area contributed by atoms with Crippen molar-refractivity contribution in [2.75, 3.05) is 61.8 Å². The highest BCUT2D eigenvalue weighted by atomic mass is 35.5. The number of para-hydroxylation sites is 1. The van der Waals surface area contributed by atoms with Gasteiger partial charge in [0.15, 0.2) is 5.82 Å². The van der Waals surface area contributed by atoms with Crippen LogP contribution in [0.5, 0.6) is 0 Å². The molecule has 0 atom stereocenters. The minimum atomic E-state index is -5.11. The lowest BCUT2D eigenvalue weighted by atomic mass is 10.0. The van der Waals surface area contributed by atoms with Crippen molar-refractivity contribution < 1.29 is 13.3 Å². The molecule has 3 aromatic rings. The summed E-state index contributed by atoms with van der Waals surface area (Å²) in [5.74, 6) is 0.559. The maximum Gasteiger partial charge on any atom is 0.229 e. The molecule has 42 heavy (non-hydrogen) atoms. The van der Waals surface area contributed by atoms with Gasteiger partial charge in [0, 0.05) is 56.7 Å². The number of likely N-dealkylation sites (N-methyl/N-ethyl adjacent to an activating group) is 1. The van der Waals surface area contributed by atoms with Gasteiger partial charge >= 0.3 is 0 Å². The average Bonchev–Trinajstić information content (AvgIpc) is 2.96. The molecule has 0 bridgehead atoms. The quantitative estimate of drug-likeness (QED) is 0.252. The van der Waals surface area contributed by atoms with Gasteiger partial charge < -0.3 is 29.5 Å². The Morgan fingerprint density at radius 1 is 0.976 bits per heavy atom. The predicted octanol–water partition coefficient (Wildman–Crippen LogP) is 5.68. The first kappa shape index (κ1) is 30.7. The molecular weight excluding hydrogens is 574 g/mol. The zero-order chi connectivity index (χ0) is 30.1. The summed E-state index contributed by atoms with van der Waals surface area (Å²) in [4.78, 5) is 16.3. The van der Waals surface area contributed by atoms with Crippen LogP contribution in [0.4, 0.5) is 28.8 Å². The Balaban J connectivity index is 1.27. The highest BCUT2D eigenvalue weighted by Crippen LogP contribution is 2.40. The van der Waals surface area contributed by atoms with Gasteiger partial charge in [0.25, 0.3) is 0 Å². The van der Waals surface area contributed by atoms with E-state index in [1.807, 2.05) is 6.07 Å². The van der Waals surface area contributed by atoms with Crippen LogP contribution in [0.1, 0.15) is 32.3 Å². The third kappa shape index (κ3) is 6.56. The Morgan fingerprint density at radius 3 is 2.33 bits per heavy atom. The molecule has 0 spiro atoms. The zero-order valence-corrected chi connectivity index (χ0v) is 26.3. The second-order valence-electron chi connectivity index (χ2n) is 11.7. The van der Waals surface area contributed by atoms with Crippen molar-refractivity contribution in [1.82, 2.24) is 19.8 Å². The van der Waals surface area contributed by atoms with E-state index < -0.39 is 14.9 Å². The number of halogens is 1. The molecule has 2 aliphatic rings. The van der Waals surface area contributed by atoms with E-state index in [0.717, 1.165) is 37.4 Å². The summed E-state index contributed by atoms with van der Waals surface area (Å²) >= 11 is 6.40. The van der Waals surface area contributed by atoms with E-state index in [1.165, 1.54) is 57.7 Å². The molecule has 2 fully saturated rings. The van der Waals surface area contributed by atoms with Crippen LogP contribution in [0.3, 0.4) is 0 Å². The van der Waals surface area contributed by atoms with Crippen LogP contribution in [-0.4, -0.2) is 90.7 Å². The van der Waals surface area contributed by atoms with Crippen molar-refractivity contribution in [3.8, 4) is 0 Å². The Hall–Kier alpha value is -2.80. The van der Waals surface area contributed by atoms with Crippen LogP contribution in [0.2, 0.25) is 5.02 Å². The number of piperazine rings is 1. The first-order chi connectivity index (χ1) is 19.9. The third-order valence-electron chi connectivity index (χ3n) is 8.49. The Labute approximate surface area is 253 Å². The lowest BCUT2D eigenvalue weighted by molar-refractivity contribution is 0.0982. The fourth-order valence-electron chi connectivity index (χ4n) is 5.58. The summed E-state index contributed by atoms with van der Waals surface area (Å²) in [5, 5.41) is 5.61. The van der Waals surface area contributed by atoms with E-state index in [1.54, 1.807) is 18.2 Å². The summed E-state index contributed by atoms with van der Waals surface area (Å²) in [6.07, 6.45) is 3.82. The zero-order valence-electron chi connectivity index (χ0n) is 24.8. The number of aryl methyl sites for hydroxylation is 1. The second kappa shape index (κ2) is 12.1. The monoisotopic (exact) mass is 615 g/mol. The molecule has 4 N–H and O–H groups in total. The van der Waals surface area contributed by atoms with E-state index in [-0.39, 0.29) is 21.4 Å². The largest absolute Gasteiger partial charge is 0.371 e. The third-order valence-corrected chi connectivity index (χ3v) is 11.6. The summed E-state index contributed by atoms with van der Waals surface area (Å²) in [5.41, 5.74) is 3.37. The van der Waals surface area contributed by atoms with Crippen molar-refractivity contribution in [1.29, 1.82) is 0 Å². The summed E-state index contributed by atoms with van der Waals surface area (Å²) in [6, 6.07) is 13.3. The molecule has 0 aliphatic carbocycles. The normalized spacial score (nSPS) is 18.6. The first-order valence-corrected chi connectivity index (χ1v) is 16.8. The van der Waals surface area contributed by atoms with Crippen molar-refractivity contribution in [3.63, 3.8) is 0 Å². The van der Waals surface area contributed by atoms with Crippen molar-refractivity contribution >= 4 is 50.1 Å². The molecule has 0 amide bonds. The number of nitrogens with one attached hydrogen (secondary N) is 2. The Kier molecular flexibility index (Phi) is 8.80. The van der Waals surface area contributed by atoms with Crippen LogP contribution >= 0.6 is 11.6 Å². The molecule has 1 aromatic heterocycles. The van der Waals surface area contributed by atoms with Crippen LogP contribution in [0.15, 0.2) is 53.6 Å². The predicted molar refractivity (Wildman–Crippen MR) is 172 cm³/mol. The average molecular weight is 616 g/mol. The topological polar surface area (TPSA) is 117 Å². The van der Waals surface area contributed by atoms with Crippen LogP contribution in [0, 0.1) is 6.92 Å². The van der Waals surface area contributed by atoms with Gasteiger partial charge in [0.1, 0.15) is 14.7 Å². The minimum absolute atomic E-state index is 0.118.